The van der Waals surface area contributed by atoms with Crippen molar-refractivity contribution in [3.63, 3.8) is 0 Å². The van der Waals surface area contributed by atoms with Crippen molar-refractivity contribution < 1.29 is 0 Å². The third-order valence-corrected chi connectivity index (χ3v) is 1.96. The summed E-state index contributed by atoms with van der Waals surface area (Å²) in [4.78, 5) is 8.12. The van der Waals surface area contributed by atoms with Gasteiger partial charge in [-0.15, -0.1) is 12.4 Å². The van der Waals surface area contributed by atoms with Crippen molar-refractivity contribution in [3.05, 3.63) is 23.8 Å². The maximum atomic E-state index is 6.99. The van der Waals surface area contributed by atoms with Gasteiger partial charge in [-0.3, -0.25) is 5.41 Å². The number of hydrogen-bond donors (Lipinski definition) is 2. The quantitative estimate of drug-likeness (QED) is 0.580. The molecule has 6 heteroatoms. The number of halogens is 1. The number of aromatic nitrogens is 2. The molecule has 0 amide bonds. The highest BCUT2D eigenvalue weighted by Gasteiger charge is 1.96. The largest absolute Gasteiger partial charge is 0.379 e. The molecule has 1 aromatic heterocycles. The molecule has 0 aliphatic heterocycles. The summed E-state index contributed by atoms with van der Waals surface area (Å²) in [5, 5.41) is 7.11. The number of aryl methyl sites for hydroxylation is 1. The molecular weight excluding hydrogens is 208 g/mol. The molecule has 1 aromatic rings. The lowest BCUT2D eigenvalue weighted by Gasteiger charge is -1.98. The Balaban J connectivity index is 0.00000144. The first-order valence-corrected chi connectivity index (χ1v) is 4.42. The van der Waals surface area contributed by atoms with Crippen LogP contribution in [0.4, 0.5) is 0 Å². The summed E-state index contributed by atoms with van der Waals surface area (Å²) in [6.07, 6.45) is 1.71. The van der Waals surface area contributed by atoms with E-state index in [1.54, 1.807) is 6.20 Å². The second-order valence-corrected chi connectivity index (χ2v) is 3.27. The van der Waals surface area contributed by atoms with Gasteiger partial charge >= 0.3 is 0 Å². The van der Waals surface area contributed by atoms with Crippen LogP contribution in [0.5, 0.6) is 0 Å². The van der Waals surface area contributed by atoms with Gasteiger partial charge in [-0.05, 0) is 13.0 Å². The maximum Gasteiger partial charge on any atom is 0.151 e. The molecule has 72 valence electrons. The van der Waals surface area contributed by atoms with Crippen LogP contribution < -0.4 is 5.73 Å². The Labute approximate surface area is 87.3 Å². The second-order valence-electron chi connectivity index (χ2n) is 2.25. The summed E-state index contributed by atoms with van der Waals surface area (Å²) in [5.41, 5.74) is 6.09. The van der Waals surface area contributed by atoms with E-state index in [-0.39, 0.29) is 17.6 Å². The van der Waals surface area contributed by atoms with E-state index < -0.39 is 0 Å². The van der Waals surface area contributed by atoms with Gasteiger partial charge in [0, 0.05) is 11.9 Å². The first-order chi connectivity index (χ1) is 5.68. The van der Waals surface area contributed by atoms with Crippen molar-refractivity contribution in [2.75, 3.05) is 0 Å². The number of hydrogen-bond acceptors (Lipinski definition) is 4. The molecule has 0 aliphatic carbocycles. The molecule has 1 rings (SSSR count). The summed E-state index contributed by atoms with van der Waals surface area (Å²) >= 11 is 1.26. The Kier molecular flexibility index (Phi) is 5.41. The van der Waals surface area contributed by atoms with E-state index in [1.807, 2.05) is 13.0 Å². The predicted octanol–water partition coefficient (Wildman–Crippen LogP) is 1.33. The first kappa shape index (κ1) is 12.2. The third kappa shape index (κ3) is 4.69. The fourth-order valence-corrected chi connectivity index (χ4v) is 1.20. The number of nitrogens with two attached hydrogens (primary N) is 1. The highest BCUT2D eigenvalue weighted by atomic mass is 35.5. The lowest BCUT2D eigenvalue weighted by molar-refractivity contribution is 1.00. The van der Waals surface area contributed by atoms with Crippen LogP contribution in [0.2, 0.25) is 0 Å². The Morgan fingerprint density at radius 1 is 1.69 bits per heavy atom. The van der Waals surface area contributed by atoms with E-state index in [0.29, 0.717) is 5.75 Å². The second kappa shape index (κ2) is 5.77. The number of amidine groups is 1. The normalized spacial score (nSPS) is 9.00. The van der Waals surface area contributed by atoms with Crippen molar-refractivity contribution in [1.82, 2.24) is 9.97 Å². The fourth-order valence-electron chi connectivity index (χ4n) is 0.737. The van der Waals surface area contributed by atoms with Gasteiger partial charge in [-0.2, -0.15) is 0 Å². The fraction of sp³-hybridized carbons (Fsp3) is 0.286. The Morgan fingerprint density at radius 2 is 2.38 bits per heavy atom. The number of rotatable bonds is 2. The third-order valence-electron chi connectivity index (χ3n) is 1.21. The molecule has 0 fully saturated rings. The number of nitrogens with one attached hydrogen (secondary N) is 1. The minimum Gasteiger partial charge on any atom is -0.379 e. The molecular formula is C7H11ClN4S. The van der Waals surface area contributed by atoms with E-state index in [0.717, 1.165) is 11.5 Å². The minimum absolute atomic E-state index is 0. The van der Waals surface area contributed by atoms with Gasteiger partial charge in [0.05, 0.1) is 5.69 Å². The molecule has 13 heavy (non-hydrogen) atoms. The van der Waals surface area contributed by atoms with E-state index >= 15 is 0 Å². The van der Waals surface area contributed by atoms with Crippen LogP contribution in [0.3, 0.4) is 0 Å². The number of nitrogens with zero attached hydrogens (tertiary/aromatic N) is 2. The van der Waals surface area contributed by atoms with Crippen LogP contribution in [0.1, 0.15) is 11.5 Å². The molecule has 0 aromatic carbocycles. The van der Waals surface area contributed by atoms with Gasteiger partial charge in [-0.1, -0.05) is 11.8 Å². The summed E-state index contributed by atoms with van der Waals surface area (Å²) in [6, 6.07) is 1.82. The molecule has 0 aliphatic rings. The van der Waals surface area contributed by atoms with Crippen LogP contribution >= 0.6 is 24.2 Å². The van der Waals surface area contributed by atoms with Crippen LogP contribution in [-0.4, -0.2) is 15.1 Å². The summed E-state index contributed by atoms with van der Waals surface area (Å²) in [7, 11) is 0. The summed E-state index contributed by atoms with van der Waals surface area (Å²) < 4.78 is 0. The molecule has 4 nitrogen and oxygen atoms in total. The molecule has 0 saturated heterocycles. The molecule has 0 bridgehead atoms. The molecule has 0 radical (unpaired) electrons. The van der Waals surface area contributed by atoms with E-state index in [4.69, 9.17) is 11.1 Å². The molecule has 0 saturated carbocycles. The zero-order chi connectivity index (χ0) is 8.97. The van der Waals surface area contributed by atoms with Crippen LogP contribution in [0.15, 0.2) is 12.3 Å². The minimum atomic E-state index is 0. The van der Waals surface area contributed by atoms with Gasteiger partial charge in [-0.25, -0.2) is 9.97 Å². The zero-order valence-corrected chi connectivity index (χ0v) is 8.78. The lowest BCUT2D eigenvalue weighted by Crippen LogP contribution is -2.04. The zero-order valence-electron chi connectivity index (χ0n) is 7.15. The van der Waals surface area contributed by atoms with E-state index in [1.165, 1.54) is 11.8 Å². The van der Waals surface area contributed by atoms with Gasteiger partial charge in [0.1, 0.15) is 5.82 Å². The topological polar surface area (TPSA) is 75.7 Å². The maximum absolute atomic E-state index is 6.99. The highest BCUT2D eigenvalue weighted by Crippen LogP contribution is 2.07. The summed E-state index contributed by atoms with van der Waals surface area (Å²) in [5.74, 6) is 1.38. The van der Waals surface area contributed by atoms with Crippen molar-refractivity contribution in [3.8, 4) is 0 Å². The van der Waals surface area contributed by atoms with Crippen LogP contribution in [-0.2, 0) is 5.75 Å². The molecule has 0 unspecified atom stereocenters. The summed E-state index contributed by atoms with van der Waals surface area (Å²) in [6.45, 7) is 1.84. The number of thioether (sulfide) groups is 1. The van der Waals surface area contributed by atoms with Crippen molar-refractivity contribution in [1.29, 1.82) is 5.41 Å². The van der Waals surface area contributed by atoms with Crippen LogP contribution in [0.25, 0.3) is 0 Å². The standard InChI is InChI=1S/C7H10N4S.ClH/c1-5-10-3-2-6(11-5)4-12-7(8)9;/h2-3H,4H2,1H3,(H3,8,9);1H. The monoisotopic (exact) mass is 218 g/mol. The Bertz CT molecular complexity index is 292. The smallest absolute Gasteiger partial charge is 0.151 e. The average Bonchev–Trinajstić information content (AvgIpc) is 2.01. The first-order valence-electron chi connectivity index (χ1n) is 3.44. The predicted molar refractivity (Wildman–Crippen MR) is 57.2 cm³/mol. The van der Waals surface area contributed by atoms with Crippen molar-refractivity contribution in [2.45, 2.75) is 12.7 Å². The van der Waals surface area contributed by atoms with E-state index in [2.05, 4.69) is 9.97 Å². The van der Waals surface area contributed by atoms with Crippen LogP contribution in [0, 0.1) is 12.3 Å². The molecule has 0 spiro atoms. The Morgan fingerprint density at radius 3 is 2.92 bits per heavy atom. The molecule has 0 atom stereocenters. The highest BCUT2D eigenvalue weighted by molar-refractivity contribution is 8.13. The van der Waals surface area contributed by atoms with Gasteiger partial charge in [0.15, 0.2) is 5.17 Å². The van der Waals surface area contributed by atoms with Gasteiger partial charge < -0.3 is 5.73 Å². The average molecular weight is 219 g/mol. The van der Waals surface area contributed by atoms with Gasteiger partial charge in [0.2, 0.25) is 0 Å². The SMILES string of the molecule is Cc1nccc(CSC(=N)N)n1.Cl. The Hall–Kier alpha value is -0.810. The molecule has 3 N–H and O–H groups in total. The van der Waals surface area contributed by atoms with Gasteiger partial charge in [0.25, 0.3) is 0 Å². The molecule has 1 heterocycles. The van der Waals surface area contributed by atoms with E-state index in [9.17, 15) is 0 Å². The van der Waals surface area contributed by atoms with Crippen molar-refractivity contribution in [2.24, 2.45) is 5.73 Å². The van der Waals surface area contributed by atoms with Crippen molar-refractivity contribution >= 4 is 29.3 Å². The lowest BCUT2D eigenvalue weighted by atomic mass is 10.4.